The van der Waals surface area contributed by atoms with E-state index >= 15 is 0 Å². The number of aliphatic hydroxyl groups excluding tert-OH is 1. The molecule has 0 aromatic rings. The molecule has 112 valence electrons. The maximum Gasteiger partial charge on any atom is 0.310 e. The van der Waals surface area contributed by atoms with Gasteiger partial charge in [0.05, 0.1) is 37.9 Å². The van der Waals surface area contributed by atoms with Gasteiger partial charge in [0.2, 0.25) is 0 Å². The van der Waals surface area contributed by atoms with Crippen molar-refractivity contribution in [1.82, 2.24) is 4.90 Å². The van der Waals surface area contributed by atoms with Gasteiger partial charge in [-0.25, -0.2) is 0 Å². The molecule has 6 heteroatoms. The number of aliphatic carboxylic acids is 1. The highest BCUT2D eigenvalue weighted by atomic mass is 16.5. The van der Waals surface area contributed by atoms with Gasteiger partial charge >= 0.3 is 5.97 Å². The highest BCUT2D eigenvalue weighted by Crippen LogP contribution is 2.20. The largest absolute Gasteiger partial charge is 0.481 e. The van der Waals surface area contributed by atoms with Gasteiger partial charge in [0.15, 0.2) is 0 Å². The summed E-state index contributed by atoms with van der Waals surface area (Å²) in [7, 11) is 0. The molecule has 0 amide bonds. The number of carboxylic acids is 1. The van der Waals surface area contributed by atoms with Gasteiger partial charge in [-0.15, -0.1) is 0 Å². The van der Waals surface area contributed by atoms with E-state index in [4.69, 9.17) is 14.6 Å². The molecule has 1 aliphatic heterocycles. The second-order valence-electron chi connectivity index (χ2n) is 5.17. The Balaban J connectivity index is 2.50. The van der Waals surface area contributed by atoms with Crippen LogP contribution in [0.2, 0.25) is 0 Å². The SMILES string of the molecule is CCN(CC(O)COC(C)C)C1COCC1C(=O)O. The molecule has 1 fully saturated rings. The van der Waals surface area contributed by atoms with E-state index in [2.05, 4.69) is 0 Å². The Morgan fingerprint density at radius 1 is 1.47 bits per heavy atom. The van der Waals surface area contributed by atoms with Gasteiger partial charge in [0, 0.05) is 12.6 Å². The van der Waals surface area contributed by atoms with Crippen molar-refractivity contribution >= 4 is 5.97 Å². The van der Waals surface area contributed by atoms with Gasteiger partial charge in [-0.3, -0.25) is 9.69 Å². The third-order valence-electron chi connectivity index (χ3n) is 3.31. The number of likely N-dealkylation sites (N-methyl/N-ethyl adjacent to an activating group) is 1. The van der Waals surface area contributed by atoms with Crippen molar-refractivity contribution in [2.75, 3.05) is 32.9 Å². The fourth-order valence-electron chi connectivity index (χ4n) is 2.26. The Bertz CT molecular complexity index is 284. The van der Waals surface area contributed by atoms with E-state index in [1.807, 2.05) is 25.7 Å². The molecule has 1 aliphatic rings. The number of hydrogen-bond donors (Lipinski definition) is 2. The first kappa shape index (κ1) is 16.4. The molecular formula is C13H25NO5. The lowest BCUT2D eigenvalue weighted by Crippen LogP contribution is -2.47. The second-order valence-corrected chi connectivity index (χ2v) is 5.17. The highest BCUT2D eigenvalue weighted by Gasteiger charge is 2.37. The van der Waals surface area contributed by atoms with Crippen LogP contribution >= 0.6 is 0 Å². The van der Waals surface area contributed by atoms with E-state index < -0.39 is 18.0 Å². The van der Waals surface area contributed by atoms with Crippen molar-refractivity contribution < 1.29 is 24.5 Å². The average molecular weight is 275 g/mol. The average Bonchev–Trinajstić information content (AvgIpc) is 2.82. The molecular weight excluding hydrogens is 250 g/mol. The first-order valence-corrected chi connectivity index (χ1v) is 6.80. The Morgan fingerprint density at radius 2 is 2.16 bits per heavy atom. The number of nitrogens with zero attached hydrogens (tertiary/aromatic N) is 1. The third kappa shape index (κ3) is 5.06. The maximum atomic E-state index is 11.1. The zero-order valence-electron chi connectivity index (χ0n) is 11.9. The van der Waals surface area contributed by atoms with Crippen LogP contribution in [0.3, 0.4) is 0 Å². The van der Waals surface area contributed by atoms with E-state index in [1.54, 1.807) is 0 Å². The molecule has 2 N–H and O–H groups in total. The van der Waals surface area contributed by atoms with Crippen LogP contribution in [0.15, 0.2) is 0 Å². The molecule has 6 nitrogen and oxygen atoms in total. The van der Waals surface area contributed by atoms with E-state index in [0.29, 0.717) is 19.7 Å². The van der Waals surface area contributed by atoms with Gasteiger partial charge in [0.25, 0.3) is 0 Å². The van der Waals surface area contributed by atoms with Gasteiger partial charge < -0.3 is 19.7 Å². The van der Waals surface area contributed by atoms with Crippen molar-refractivity contribution in [2.24, 2.45) is 5.92 Å². The van der Waals surface area contributed by atoms with Gasteiger partial charge in [-0.1, -0.05) is 6.92 Å². The number of hydrogen-bond acceptors (Lipinski definition) is 5. The summed E-state index contributed by atoms with van der Waals surface area (Å²) in [5, 5.41) is 19.1. The molecule has 3 unspecified atom stereocenters. The molecule has 0 aromatic carbocycles. The first-order valence-electron chi connectivity index (χ1n) is 6.80. The molecule has 0 saturated carbocycles. The van der Waals surface area contributed by atoms with Crippen molar-refractivity contribution in [1.29, 1.82) is 0 Å². The molecule has 19 heavy (non-hydrogen) atoms. The van der Waals surface area contributed by atoms with Crippen molar-refractivity contribution in [3.63, 3.8) is 0 Å². The smallest absolute Gasteiger partial charge is 0.310 e. The Labute approximate surface area is 114 Å². The van der Waals surface area contributed by atoms with E-state index in [1.165, 1.54) is 0 Å². The zero-order valence-corrected chi connectivity index (χ0v) is 11.9. The monoisotopic (exact) mass is 275 g/mol. The maximum absolute atomic E-state index is 11.1. The number of rotatable bonds is 8. The topological polar surface area (TPSA) is 79.2 Å². The number of aliphatic hydroxyl groups is 1. The van der Waals surface area contributed by atoms with Crippen LogP contribution in [0.25, 0.3) is 0 Å². The minimum Gasteiger partial charge on any atom is -0.481 e. The quantitative estimate of drug-likeness (QED) is 0.658. The molecule has 3 atom stereocenters. The van der Waals surface area contributed by atoms with E-state index in [9.17, 15) is 9.90 Å². The van der Waals surface area contributed by atoms with Crippen molar-refractivity contribution in [2.45, 2.75) is 39.0 Å². The lowest BCUT2D eigenvalue weighted by atomic mass is 10.0. The molecule has 0 bridgehead atoms. The van der Waals surface area contributed by atoms with Crippen LogP contribution in [0, 0.1) is 5.92 Å². The predicted octanol–water partition coefficient (Wildman–Crippen LogP) is 0.194. The summed E-state index contributed by atoms with van der Waals surface area (Å²) in [5.74, 6) is -1.35. The molecule has 1 saturated heterocycles. The third-order valence-corrected chi connectivity index (χ3v) is 3.31. The summed E-state index contributed by atoms with van der Waals surface area (Å²) in [6.07, 6.45) is -0.538. The predicted molar refractivity (Wildman–Crippen MR) is 70.1 cm³/mol. The fraction of sp³-hybridized carbons (Fsp3) is 0.923. The van der Waals surface area contributed by atoms with Crippen LogP contribution in [-0.2, 0) is 14.3 Å². The first-order chi connectivity index (χ1) is 8.95. The Hall–Kier alpha value is -0.690. The summed E-state index contributed by atoms with van der Waals surface area (Å²) >= 11 is 0. The minimum absolute atomic E-state index is 0.0753. The molecule has 0 spiro atoms. The summed E-state index contributed by atoms with van der Waals surface area (Å²) in [6, 6.07) is -0.170. The normalized spacial score (nSPS) is 25.2. The summed E-state index contributed by atoms with van der Waals surface area (Å²) in [6.45, 7) is 7.77. The fourth-order valence-corrected chi connectivity index (χ4v) is 2.26. The van der Waals surface area contributed by atoms with E-state index in [0.717, 1.165) is 0 Å². The molecule has 0 aromatic heterocycles. The van der Waals surface area contributed by atoms with Crippen LogP contribution in [0.5, 0.6) is 0 Å². The van der Waals surface area contributed by atoms with Gasteiger partial charge in [0.1, 0.15) is 0 Å². The van der Waals surface area contributed by atoms with Crippen molar-refractivity contribution in [3.8, 4) is 0 Å². The van der Waals surface area contributed by atoms with Crippen LogP contribution < -0.4 is 0 Å². The summed E-state index contributed by atoms with van der Waals surface area (Å²) in [5.41, 5.74) is 0. The summed E-state index contributed by atoms with van der Waals surface area (Å²) in [4.78, 5) is 13.1. The summed E-state index contributed by atoms with van der Waals surface area (Å²) < 4.78 is 10.6. The van der Waals surface area contributed by atoms with Gasteiger partial charge in [-0.05, 0) is 20.4 Å². The number of ether oxygens (including phenoxy) is 2. The van der Waals surface area contributed by atoms with E-state index in [-0.39, 0.29) is 25.4 Å². The molecule has 1 rings (SSSR count). The van der Waals surface area contributed by atoms with Gasteiger partial charge in [-0.2, -0.15) is 0 Å². The molecule has 0 aliphatic carbocycles. The number of carboxylic acid groups (broad SMARTS) is 1. The van der Waals surface area contributed by atoms with Crippen LogP contribution in [-0.4, -0.2) is 72.2 Å². The lowest BCUT2D eigenvalue weighted by molar-refractivity contribution is -0.143. The number of carbonyl (C=O) groups is 1. The van der Waals surface area contributed by atoms with Crippen LogP contribution in [0.4, 0.5) is 0 Å². The standard InChI is InChI=1S/C13H25NO5/c1-4-14(5-10(15)6-19-9(2)3)12-8-18-7-11(12)13(16)17/h9-12,15H,4-8H2,1-3H3,(H,16,17). The molecule has 1 heterocycles. The lowest BCUT2D eigenvalue weighted by Gasteiger charge is -2.31. The molecule has 0 radical (unpaired) electrons. The van der Waals surface area contributed by atoms with Crippen LogP contribution in [0.1, 0.15) is 20.8 Å². The Kier molecular flexibility index (Phi) is 6.71. The Morgan fingerprint density at radius 3 is 2.68 bits per heavy atom. The second kappa shape index (κ2) is 7.79. The zero-order chi connectivity index (χ0) is 14.4. The minimum atomic E-state index is -0.839. The highest BCUT2D eigenvalue weighted by molar-refractivity contribution is 5.71. The van der Waals surface area contributed by atoms with Crippen molar-refractivity contribution in [3.05, 3.63) is 0 Å².